The van der Waals surface area contributed by atoms with Crippen molar-refractivity contribution in [2.24, 2.45) is 0 Å². The molecule has 0 fully saturated rings. The van der Waals surface area contributed by atoms with Gasteiger partial charge in [-0.25, -0.2) is 9.78 Å². The van der Waals surface area contributed by atoms with Gasteiger partial charge in [0.1, 0.15) is 0 Å². The van der Waals surface area contributed by atoms with E-state index in [1.165, 1.54) is 23.1 Å². The molecule has 124 valence electrons. The first-order valence-corrected chi connectivity index (χ1v) is 9.14. The molecule has 0 saturated heterocycles. The number of nitrogens with one attached hydrogen (secondary N) is 2. The average molecular weight is 361 g/mol. The van der Waals surface area contributed by atoms with E-state index in [1.54, 1.807) is 11.6 Å². The van der Waals surface area contributed by atoms with Gasteiger partial charge in [0.2, 0.25) is 5.89 Å². The van der Waals surface area contributed by atoms with Crippen LogP contribution in [0.1, 0.15) is 6.42 Å². The van der Waals surface area contributed by atoms with E-state index < -0.39 is 0 Å². The van der Waals surface area contributed by atoms with E-state index >= 15 is 0 Å². The minimum atomic E-state index is -0.251. The zero-order chi connectivity index (χ0) is 16.6. The number of hydrogen-bond donors (Lipinski definition) is 2. The molecule has 2 amide bonds. The van der Waals surface area contributed by atoms with Crippen molar-refractivity contribution in [3.05, 3.63) is 41.9 Å². The Morgan fingerprint density at radius 1 is 1.25 bits per heavy atom. The van der Waals surface area contributed by atoms with Crippen molar-refractivity contribution in [3.63, 3.8) is 0 Å². The van der Waals surface area contributed by atoms with Crippen molar-refractivity contribution >= 4 is 34.3 Å². The first kappa shape index (κ1) is 16.5. The van der Waals surface area contributed by atoms with E-state index in [4.69, 9.17) is 4.42 Å². The summed E-state index contributed by atoms with van der Waals surface area (Å²) in [7, 11) is 0. The molecule has 2 N–H and O–H groups in total. The van der Waals surface area contributed by atoms with Crippen LogP contribution in [0, 0.1) is 0 Å². The smallest absolute Gasteiger partial charge is 0.321 e. The molecule has 1 aromatic carbocycles. The van der Waals surface area contributed by atoms with Crippen LogP contribution in [0.4, 0.5) is 9.93 Å². The SMILES string of the molecule is O=C(NCCCSc1nnc(-c2ccccc2)o1)Nc1nccs1. The van der Waals surface area contributed by atoms with Crippen molar-refractivity contribution in [1.29, 1.82) is 0 Å². The molecule has 2 aromatic heterocycles. The van der Waals surface area contributed by atoms with Gasteiger partial charge in [0.05, 0.1) is 0 Å². The Morgan fingerprint density at radius 3 is 2.92 bits per heavy atom. The maximum Gasteiger partial charge on any atom is 0.321 e. The fourth-order valence-electron chi connectivity index (χ4n) is 1.83. The van der Waals surface area contributed by atoms with Crippen molar-refractivity contribution in [3.8, 4) is 11.5 Å². The van der Waals surface area contributed by atoms with Gasteiger partial charge in [0.25, 0.3) is 5.22 Å². The number of rotatable bonds is 7. The van der Waals surface area contributed by atoms with Crippen LogP contribution in [-0.4, -0.2) is 33.5 Å². The summed E-state index contributed by atoms with van der Waals surface area (Å²) in [4.78, 5) is 15.6. The molecular weight excluding hydrogens is 346 g/mol. The quantitative estimate of drug-likeness (QED) is 0.494. The second-order valence-electron chi connectivity index (χ2n) is 4.66. The lowest BCUT2D eigenvalue weighted by Crippen LogP contribution is -2.29. The maximum absolute atomic E-state index is 11.6. The lowest BCUT2D eigenvalue weighted by molar-refractivity contribution is 0.252. The predicted molar refractivity (Wildman–Crippen MR) is 94.2 cm³/mol. The number of thioether (sulfide) groups is 1. The normalized spacial score (nSPS) is 10.5. The summed E-state index contributed by atoms with van der Waals surface area (Å²) in [6, 6.07) is 9.38. The highest BCUT2D eigenvalue weighted by Gasteiger charge is 2.08. The van der Waals surface area contributed by atoms with Gasteiger partial charge in [-0.3, -0.25) is 5.32 Å². The molecular formula is C15H15N5O2S2. The highest BCUT2D eigenvalue weighted by molar-refractivity contribution is 7.99. The first-order chi connectivity index (χ1) is 11.8. The second-order valence-corrected chi connectivity index (χ2v) is 6.60. The first-order valence-electron chi connectivity index (χ1n) is 7.27. The minimum Gasteiger partial charge on any atom is -0.411 e. The minimum absolute atomic E-state index is 0.251. The summed E-state index contributed by atoms with van der Waals surface area (Å²) in [6.45, 7) is 0.559. The van der Waals surface area contributed by atoms with E-state index in [1.807, 2.05) is 30.3 Å². The Morgan fingerprint density at radius 2 is 2.12 bits per heavy atom. The van der Waals surface area contributed by atoms with E-state index in [2.05, 4.69) is 25.8 Å². The Balaban J connectivity index is 1.35. The molecule has 3 aromatic rings. The summed E-state index contributed by atoms with van der Waals surface area (Å²) in [6.07, 6.45) is 2.43. The Hall–Kier alpha value is -2.39. The van der Waals surface area contributed by atoms with E-state index in [0.29, 0.717) is 22.8 Å². The fraction of sp³-hybridized carbons (Fsp3) is 0.200. The molecule has 3 rings (SSSR count). The molecule has 0 bridgehead atoms. The Labute approximate surface area is 146 Å². The number of benzene rings is 1. The number of thiazole rings is 1. The molecule has 24 heavy (non-hydrogen) atoms. The number of hydrogen-bond acceptors (Lipinski definition) is 7. The summed E-state index contributed by atoms with van der Waals surface area (Å²) < 4.78 is 5.60. The molecule has 0 unspecified atom stereocenters. The summed E-state index contributed by atoms with van der Waals surface area (Å²) in [5, 5.41) is 16.4. The van der Waals surface area contributed by atoms with Gasteiger partial charge < -0.3 is 9.73 Å². The van der Waals surface area contributed by atoms with E-state index in [9.17, 15) is 4.79 Å². The van der Waals surface area contributed by atoms with Crippen molar-refractivity contribution in [1.82, 2.24) is 20.5 Å². The number of carbonyl (C=O) groups excluding carboxylic acids is 1. The molecule has 0 aliphatic rings. The molecule has 2 heterocycles. The number of amides is 2. The number of carbonyl (C=O) groups is 1. The molecule has 0 aliphatic carbocycles. The van der Waals surface area contributed by atoms with Gasteiger partial charge in [-0.2, -0.15) is 0 Å². The fourth-order valence-corrected chi connectivity index (χ4v) is 3.05. The topological polar surface area (TPSA) is 92.9 Å². The zero-order valence-electron chi connectivity index (χ0n) is 12.6. The molecule has 7 nitrogen and oxygen atoms in total. The van der Waals surface area contributed by atoms with Crippen LogP contribution in [0.25, 0.3) is 11.5 Å². The van der Waals surface area contributed by atoms with Crippen LogP contribution in [-0.2, 0) is 0 Å². The highest BCUT2D eigenvalue weighted by Crippen LogP contribution is 2.23. The number of nitrogens with zero attached hydrogens (tertiary/aromatic N) is 3. The monoisotopic (exact) mass is 361 g/mol. The van der Waals surface area contributed by atoms with Gasteiger partial charge >= 0.3 is 6.03 Å². The number of urea groups is 1. The lowest BCUT2D eigenvalue weighted by atomic mass is 10.2. The van der Waals surface area contributed by atoms with Gasteiger partial charge in [-0.15, -0.1) is 21.5 Å². The van der Waals surface area contributed by atoms with Crippen LogP contribution in [0.5, 0.6) is 0 Å². The van der Waals surface area contributed by atoms with Gasteiger partial charge in [0, 0.05) is 29.4 Å². The van der Waals surface area contributed by atoms with Crippen LogP contribution in [0.15, 0.2) is 51.5 Å². The van der Waals surface area contributed by atoms with E-state index in [-0.39, 0.29) is 6.03 Å². The lowest BCUT2D eigenvalue weighted by Gasteiger charge is -2.04. The number of aromatic nitrogens is 3. The largest absolute Gasteiger partial charge is 0.411 e. The van der Waals surface area contributed by atoms with Crippen molar-refractivity contribution < 1.29 is 9.21 Å². The summed E-state index contributed by atoms with van der Waals surface area (Å²) in [5.41, 5.74) is 0.900. The molecule has 0 spiro atoms. The Bertz CT molecular complexity index is 761. The molecule has 0 radical (unpaired) electrons. The predicted octanol–water partition coefficient (Wildman–Crippen LogP) is 3.50. The summed E-state index contributed by atoms with van der Waals surface area (Å²) in [5.74, 6) is 1.28. The van der Waals surface area contributed by atoms with Crippen LogP contribution in [0.3, 0.4) is 0 Å². The van der Waals surface area contributed by atoms with Crippen LogP contribution < -0.4 is 10.6 Å². The molecule has 0 atom stereocenters. The zero-order valence-corrected chi connectivity index (χ0v) is 14.3. The molecule has 0 saturated carbocycles. The van der Waals surface area contributed by atoms with E-state index in [0.717, 1.165) is 17.7 Å². The van der Waals surface area contributed by atoms with Gasteiger partial charge in [0.15, 0.2) is 5.13 Å². The maximum atomic E-state index is 11.6. The molecule has 9 heteroatoms. The Kier molecular flexibility index (Phi) is 5.80. The third-order valence-electron chi connectivity index (χ3n) is 2.91. The second kappa shape index (κ2) is 8.46. The van der Waals surface area contributed by atoms with Crippen LogP contribution >= 0.6 is 23.1 Å². The number of anilines is 1. The summed E-state index contributed by atoms with van der Waals surface area (Å²) >= 11 is 2.85. The highest BCUT2D eigenvalue weighted by atomic mass is 32.2. The van der Waals surface area contributed by atoms with Gasteiger partial charge in [-0.1, -0.05) is 30.0 Å². The van der Waals surface area contributed by atoms with Crippen molar-refractivity contribution in [2.45, 2.75) is 11.6 Å². The van der Waals surface area contributed by atoms with Gasteiger partial charge in [-0.05, 0) is 18.6 Å². The molecule has 0 aliphatic heterocycles. The van der Waals surface area contributed by atoms with Crippen molar-refractivity contribution in [2.75, 3.05) is 17.6 Å². The average Bonchev–Trinajstić information content (AvgIpc) is 3.27. The standard InChI is InChI=1S/C15H15N5O2S2/c21-13(18-14-17-8-10-23-14)16-7-4-9-24-15-20-19-12(22-15)11-5-2-1-3-6-11/h1-3,5-6,8,10H,4,7,9H2,(H2,16,17,18,21). The third-order valence-corrected chi connectivity index (χ3v) is 4.51. The third kappa shape index (κ3) is 4.80. The van der Waals surface area contributed by atoms with Crippen LogP contribution in [0.2, 0.25) is 0 Å².